The lowest BCUT2D eigenvalue weighted by Gasteiger charge is -2.13. The molecule has 0 aliphatic carbocycles. The minimum atomic E-state index is -4.85. The quantitative estimate of drug-likeness (QED) is 0.540. The van der Waals surface area contributed by atoms with Gasteiger partial charge >= 0.3 is 6.18 Å². The van der Waals surface area contributed by atoms with Gasteiger partial charge in [-0.15, -0.1) is 0 Å². The Balaban J connectivity index is 3.60. The lowest BCUT2D eigenvalue weighted by molar-refractivity contribution is -0.138. The van der Waals surface area contributed by atoms with Crippen molar-refractivity contribution in [3.05, 3.63) is 34.1 Å². The molecule has 0 amide bonds. The monoisotopic (exact) mass is 240 g/mol. The number of carbonyl (C=O) groups excluding carboxylic acids is 1. The molecule has 15 heavy (non-hydrogen) atoms. The van der Waals surface area contributed by atoms with Crippen molar-refractivity contribution in [2.45, 2.75) is 13.1 Å². The van der Waals surface area contributed by atoms with E-state index in [0.717, 1.165) is 19.1 Å². The Bertz CT molecular complexity index is 411. The van der Waals surface area contributed by atoms with E-state index in [0.29, 0.717) is 0 Å². The lowest BCUT2D eigenvalue weighted by atomic mass is 10.0. The molecule has 0 atom stereocenters. The number of hydrogen-bond donors (Lipinski definition) is 0. The molecule has 0 saturated carbocycles. The molecule has 0 unspecified atom stereocenters. The highest BCUT2D eigenvalue weighted by Gasteiger charge is 2.38. The zero-order valence-electron chi connectivity index (χ0n) is 7.45. The van der Waals surface area contributed by atoms with Crippen LogP contribution in [0.25, 0.3) is 0 Å². The molecule has 1 rings (SSSR count). The van der Waals surface area contributed by atoms with Gasteiger partial charge in [0.25, 0.3) is 0 Å². The van der Waals surface area contributed by atoms with Crippen molar-refractivity contribution in [1.82, 2.24) is 0 Å². The van der Waals surface area contributed by atoms with E-state index in [9.17, 15) is 22.4 Å². The smallest absolute Gasteiger partial charge is 0.294 e. The van der Waals surface area contributed by atoms with Crippen LogP contribution in [0.15, 0.2) is 12.1 Å². The van der Waals surface area contributed by atoms with Crippen LogP contribution < -0.4 is 0 Å². The Hall–Kier alpha value is -1.10. The van der Waals surface area contributed by atoms with Gasteiger partial charge in [0.05, 0.1) is 16.1 Å². The summed E-state index contributed by atoms with van der Waals surface area (Å²) in [6, 6.07) is 1.50. The summed E-state index contributed by atoms with van der Waals surface area (Å²) in [5.41, 5.74) is -2.44. The van der Waals surface area contributed by atoms with Gasteiger partial charge in [0.15, 0.2) is 5.78 Å². The molecule has 0 fully saturated rings. The number of halogens is 5. The second-order valence-electron chi connectivity index (χ2n) is 2.83. The van der Waals surface area contributed by atoms with Crippen molar-refractivity contribution in [1.29, 1.82) is 0 Å². The van der Waals surface area contributed by atoms with Crippen molar-refractivity contribution >= 4 is 17.4 Å². The van der Waals surface area contributed by atoms with Gasteiger partial charge in [-0.1, -0.05) is 11.6 Å². The fourth-order valence-corrected chi connectivity index (χ4v) is 1.44. The minimum absolute atomic E-state index is 0.686. The molecular weight excluding hydrogens is 236 g/mol. The second kappa shape index (κ2) is 3.81. The summed E-state index contributed by atoms with van der Waals surface area (Å²) in [4.78, 5) is 10.9. The van der Waals surface area contributed by atoms with Crippen LogP contribution in [0.3, 0.4) is 0 Å². The molecule has 0 aliphatic heterocycles. The van der Waals surface area contributed by atoms with Gasteiger partial charge in [-0.2, -0.15) is 13.2 Å². The van der Waals surface area contributed by atoms with Gasteiger partial charge in [-0.3, -0.25) is 4.79 Å². The van der Waals surface area contributed by atoms with Crippen LogP contribution in [0.5, 0.6) is 0 Å². The maximum atomic E-state index is 13.0. The molecule has 0 saturated heterocycles. The summed E-state index contributed by atoms with van der Waals surface area (Å²) in [5.74, 6) is -2.23. The van der Waals surface area contributed by atoms with Crippen LogP contribution in [-0.2, 0) is 6.18 Å². The molecule has 1 nitrogen and oxygen atoms in total. The van der Waals surface area contributed by atoms with Crippen molar-refractivity contribution < 1.29 is 22.4 Å². The third kappa shape index (κ3) is 2.28. The van der Waals surface area contributed by atoms with Crippen molar-refractivity contribution in [2.75, 3.05) is 0 Å². The molecule has 0 bridgehead atoms. The number of ketones is 1. The molecule has 0 aromatic heterocycles. The minimum Gasteiger partial charge on any atom is -0.294 e. The van der Waals surface area contributed by atoms with Crippen LogP contribution >= 0.6 is 11.6 Å². The summed E-state index contributed by atoms with van der Waals surface area (Å²) in [6.07, 6.45) is -4.85. The Morgan fingerprint density at radius 3 is 2.20 bits per heavy atom. The van der Waals surface area contributed by atoms with Gasteiger partial charge in [0.2, 0.25) is 0 Å². The fraction of sp³-hybridized carbons (Fsp3) is 0.222. The van der Waals surface area contributed by atoms with Gasteiger partial charge in [0.1, 0.15) is 5.82 Å². The zero-order chi connectivity index (χ0) is 11.8. The summed E-state index contributed by atoms with van der Waals surface area (Å²) >= 11 is 5.29. The van der Waals surface area contributed by atoms with Crippen LogP contribution in [0.2, 0.25) is 5.02 Å². The molecule has 0 spiro atoms. The van der Waals surface area contributed by atoms with Gasteiger partial charge in [-0.25, -0.2) is 4.39 Å². The molecule has 0 N–H and O–H groups in total. The highest BCUT2D eigenvalue weighted by atomic mass is 35.5. The number of Topliss-reactive ketones (excluding diaryl/α,β-unsaturated/α-hetero) is 1. The first-order valence-electron chi connectivity index (χ1n) is 3.81. The van der Waals surface area contributed by atoms with E-state index in [-0.39, 0.29) is 0 Å². The largest absolute Gasteiger partial charge is 0.418 e. The van der Waals surface area contributed by atoms with Crippen LogP contribution in [0.1, 0.15) is 22.8 Å². The van der Waals surface area contributed by atoms with E-state index >= 15 is 0 Å². The average Bonchev–Trinajstić information content (AvgIpc) is 2.05. The van der Waals surface area contributed by atoms with Gasteiger partial charge in [0, 0.05) is 0 Å². The molecule has 0 heterocycles. The first-order valence-corrected chi connectivity index (χ1v) is 4.19. The standard InChI is InChI=1S/C9H5ClF4O/c1-4(15)7-6(11)3-2-5(10)8(7)9(12,13)14/h2-3H,1H3. The van der Waals surface area contributed by atoms with Crippen molar-refractivity contribution in [3.63, 3.8) is 0 Å². The van der Waals surface area contributed by atoms with Gasteiger partial charge in [-0.05, 0) is 19.1 Å². The summed E-state index contributed by atoms with van der Waals surface area (Å²) < 4.78 is 50.4. The average molecular weight is 241 g/mol. The molecule has 1 aromatic carbocycles. The zero-order valence-corrected chi connectivity index (χ0v) is 8.21. The fourth-order valence-electron chi connectivity index (χ4n) is 1.17. The van der Waals surface area contributed by atoms with E-state index in [2.05, 4.69) is 0 Å². The number of carbonyl (C=O) groups is 1. The first-order chi connectivity index (χ1) is 6.75. The Morgan fingerprint density at radius 2 is 1.87 bits per heavy atom. The van der Waals surface area contributed by atoms with Crippen LogP contribution in [0, 0.1) is 5.82 Å². The molecule has 1 aromatic rings. The molecule has 6 heteroatoms. The maximum Gasteiger partial charge on any atom is 0.418 e. The molecular formula is C9H5ClF4O. The van der Waals surface area contributed by atoms with E-state index in [4.69, 9.17) is 11.6 Å². The predicted molar refractivity (Wildman–Crippen MR) is 46.4 cm³/mol. The Kier molecular flexibility index (Phi) is 3.04. The summed E-state index contributed by atoms with van der Waals surface area (Å²) in [7, 11) is 0. The SMILES string of the molecule is CC(=O)c1c(F)ccc(Cl)c1C(F)(F)F. The van der Waals surface area contributed by atoms with Crippen molar-refractivity contribution in [2.24, 2.45) is 0 Å². The van der Waals surface area contributed by atoms with Gasteiger partial charge < -0.3 is 0 Å². The topological polar surface area (TPSA) is 17.1 Å². The molecule has 0 radical (unpaired) electrons. The van der Waals surface area contributed by atoms with E-state index in [1.54, 1.807) is 0 Å². The lowest BCUT2D eigenvalue weighted by Crippen LogP contribution is -2.14. The third-order valence-electron chi connectivity index (χ3n) is 1.74. The Labute approximate surface area is 87.7 Å². The summed E-state index contributed by atoms with van der Waals surface area (Å²) in [6.45, 7) is 0.851. The van der Waals surface area contributed by atoms with Crippen LogP contribution in [-0.4, -0.2) is 5.78 Å². The Morgan fingerprint density at radius 1 is 1.33 bits per heavy atom. The normalized spacial score (nSPS) is 11.6. The van der Waals surface area contributed by atoms with Crippen molar-refractivity contribution in [3.8, 4) is 0 Å². The van der Waals surface area contributed by atoms with E-state index in [1.807, 2.05) is 0 Å². The molecule has 0 aliphatic rings. The highest BCUT2D eigenvalue weighted by molar-refractivity contribution is 6.32. The van der Waals surface area contributed by atoms with E-state index in [1.165, 1.54) is 0 Å². The summed E-state index contributed by atoms with van der Waals surface area (Å²) in [5, 5.41) is -0.686. The number of rotatable bonds is 1. The first kappa shape index (κ1) is 12.0. The third-order valence-corrected chi connectivity index (χ3v) is 2.05. The second-order valence-corrected chi connectivity index (χ2v) is 3.24. The number of benzene rings is 1. The number of hydrogen-bond acceptors (Lipinski definition) is 1. The van der Waals surface area contributed by atoms with E-state index < -0.39 is 33.9 Å². The van der Waals surface area contributed by atoms with Crippen LogP contribution in [0.4, 0.5) is 17.6 Å². The molecule has 82 valence electrons. The maximum absolute atomic E-state index is 13.0. The highest BCUT2D eigenvalue weighted by Crippen LogP contribution is 2.38. The predicted octanol–water partition coefficient (Wildman–Crippen LogP) is 3.70. The number of alkyl halides is 3.